The molecule has 2 aromatic carbocycles. The summed E-state index contributed by atoms with van der Waals surface area (Å²) in [5, 5.41) is 23.5. The highest BCUT2D eigenvalue weighted by atomic mass is 16.6. The number of aliphatic hydroxyl groups excluding tert-OH is 1. The van der Waals surface area contributed by atoms with Crippen molar-refractivity contribution in [1.29, 1.82) is 0 Å². The predicted octanol–water partition coefficient (Wildman–Crippen LogP) is 2.92. The second-order valence-corrected chi connectivity index (χ2v) is 4.97. The van der Waals surface area contributed by atoms with E-state index in [2.05, 4.69) is 5.32 Å². The fourth-order valence-electron chi connectivity index (χ4n) is 2.25. The highest BCUT2D eigenvalue weighted by Gasteiger charge is 2.13. The maximum absolute atomic E-state index is 10.8. The Morgan fingerprint density at radius 3 is 2.52 bits per heavy atom. The number of aryl methyl sites for hydroxylation is 1. The second-order valence-electron chi connectivity index (χ2n) is 4.97. The zero-order chi connectivity index (χ0) is 15.2. The van der Waals surface area contributed by atoms with Crippen molar-refractivity contribution in [3.63, 3.8) is 0 Å². The van der Waals surface area contributed by atoms with Crippen LogP contribution >= 0.6 is 0 Å². The van der Waals surface area contributed by atoms with Crippen molar-refractivity contribution in [2.75, 3.05) is 11.9 Å². The maximum atomic E-state index is 10.8. The van der Waals surface area contributed by atoms with Gasteiger partial charge in [0.05, 0.1) is 17.6 Å². The zero-order valence-electron chi connectivity index (χ0n) is 11.8. The van der Waals surface area contributed by atoms with Gasteiger partial charge in [-0.1, -0.05) is 30.3 Å². The summed E-state index contributed by atoms with van der Waals surface area (Å²) >= 11 is 0. The smallest absolute Gasteiger partial charge is 0.272 e. The summed E-state index contributed by atoms with van der Waals surface area (Å²) in [5.41, 5.74) is 2.60. The number of hydrogen-bond acceptors (Lipinski definition) is 4. The SMILES string of the molecule is Cc1cc(N[C@@H](CO)Cc2ccccc2)ccc1[N+](=O)[O-]. The predicted molar refractivity (Wildman–Crippen MR) is 82.5 cm³/mol. The fourth-order valence-corrected chi connectivity index (χ4v) is 2.25. The lowest BCUT2D eigenvalue weighted by Gasteiger charge is -2.18. The number of anilines is 1. The van der Waals surface area contributed by atoms with Crippen molar-refractivity contribution < 1.29 is 10.0 Å². The first kappa shape index (κ1) is 15.0. The van der Waals surface area contributed by atoms with Crippen LogP contribution in [0, 0.1) is 17.0 Å². The molecular formula is C16H18N2O3. The lowest BCUT2D eigenvalue weighted by Crippen LogP contribution is -2.26. The van der Waals surface area contributed by atoms with Gasteiger partial charge in [-0.15, -0.1) is 0 Å². The van der Waals surface area contributed by atoms with Gasteiger partial charge in [-0.25, -0.2) is 0 Å². The van der Waals surface area contributed by atoms with Crippen LogP contribution in [0.1, 0.15) is 11.1 Å². The first-order valence-electron chi connectivity index (χ1n) is 6.76. The molecular weight excluding hydrogens is 268 g/mol. The van der Waals surface area contributed by atoms with Gasteiger partial charge in [0, 0.05) is 17.3 Å². The van der Waals surface area contributed by atoms with Crippen LogP contribution in [0.15, 0.2) is 48.5 Å². The van der Waals surface area contributed by atoms with Gasteiger partial charge in [-0.3, -0.25) is 10.1 Å². The van der Waals surface area contributed by atoms with Crippen LogP contribution in [0.3, 0.4) is 0 Å². The minimum absolute atomic E-state index is 0.00900. The standard InChI is InChI=1S/C16H18N2O3/c1-12-9-14(7-8-16(12)18(20)21)17-15(11-19)10-13-5-3-2-4-6-13/h2-9,15,17,19H,10-11H2,1H3/t15-/m1/s1. The monoisotopic (exact) mass is 286 g/mol. The van der Waals surface area contributed by atoms with Gasteiger partial charge in [0.2, 0.25) is 0 Å². The molecule has 5 heteroatoms. The van der Waals surface area contributed by atoms with E-state index in [9.17, 15) is 15.2 Å². The molecule has 2 N–H and O–H groups in total. The number of aliphatic hydroxyl groups is 1. The number of rotatable bonds is 6. The Morgan fingerprint density at radius 1 is 1.24 bits per heavy atom. The third-order valence-electron chi connectivity index (χ3n) is 3.31. The Hall–Kier alpha value is -2.40. The molecule has 2 rings (SSSR count). The van der Waals surface area contributed by atoms with Crippen LogP contribution in [0.2, 0.25) is 0 Å². The molecule has 0 aliphatic carbocycles. The number of benzene rings is 2. The van der Waals surface area contributed by atoms with Gasteiger partial charge in [0.25, 0.3) is 5.69 Å². The summed E-state index contributed by atoms with van der Waals surface area (Å²) in [6.45, 7) is 1.69. The highest BCUT2D eigenvalue weighted by molar-refractivity contribution is 5.54. The van der Waals surface area contributed by atoms with E-state index in [0.29, 0.717) is 12.0 Å². The second kappa shape index (κ2) is 6.85. The molecule has 0 bridgehead atoms. The molecule has 0 unspecified atom stereocenters. The Kier molecular flexibility index (Phi) is 4.90. The molecule has 110 valence electrons. The summed E-state index contributed by atoms with van der Waals surface area (Å²) in [4.78, 5) is 10.4. The van der Waals surface area contributed by atoms with Crippen molar-refractivity contribution in [1.82, 2.24) is 0 Å². The topological polar surface area (TPSA) is 75.4 Å². The molecule has 5 nitrogen and oxygen atoms in total. The molecule has 0 radical (unpaired) electrons. The molecule has 0 aliphatic heterocycles. The van der Waals surface area contributed by atoms with E-state index in [1.54, 1.807) is 19.1 Å². The van der Waals surface area contributed by atoms with E-state index in [1.165, 1.54) is 6.07 Å². The van der Waals surface area contributed by atoms with Gasteiger partial charge < -0.3 is 10.4 Å². The molecule has 0 saturated carbocycles. The van der Waals surface area contributed by atoms with Crippen LogP contribution in [0.5, 0.6) is 0 Å². The lowest BCUT2D eigenvalue weighted by molar-refractivity contribution is -0.385. The quantitative estimate of drug-likeness (QED) is 0.632. The summed E-state index contributed by atoms with van der Waals surface area (Å²) in [7, 11) is 0. The Balaban J connectivity index is 2.08. The van der Waals surface area contributed by atoms with Crippen LogP contribution in [-0.2, 0) is 6.42 Å². The van der Waals surface area contributed by atoms with E-state index in [1.807, 2.05) is 30.3 Å². The summed E-state index contributed by atoms with van der Waals surface area (Å²) in [5.74, 6) is 0. The number of nitrogens with one attached hydrogen (secondary N) is 1. The normalized spacial score (nSPS) is 11.9. The zero-order valence-corrected chi connectivity index (χ0v) is 11.8. The number of nitrogens with zero attached hydrogens (tertiary/aromatic N) is 1. The number of hydrogen-bond donors (Lipinski definition) is 2. The average Bonchev–Trinajstić information content (AvgIpc) is 2.47. The third-order valence-corrected chi connectivity index (χ3v) is 3.31. The molecule has 0 saturated heterocycles. The van der Waals surface area contributed by atoms with E-state index in [0.717, 1.165) is 11.3 Å². The Labute approximate surface area is 123 Å². The molecule has 2 aromatic rings. The fraction of sp³-hybridized carbons (Fsp3) is 0.250. The van der Waals surface area contributed by atoms with E-state index in [4.69, 9.17) is 0 Å². The Morgan fingerprint density at radius 2 is 1.95 bits per heavy atom. The number of nitro groups is 1. The van der Waals surface area contributed by atoms with Gasteiger partial charge in [-0.05, 0) is 31.0 Å². The van der Waals surface area contributed by atoms with Crippen molar-refractivity contribution in [3.8, 4) is 0 Å². The van der Waals surface area contributed by atoms with Gasteiger partial charge in [0.1, 0.15) is 0 Å². The first-order chi connectivity index (χ1) is 10.1. The molecule has 0 aliphatic rings. The van der Waals surface area contributed by atoms with Gasteiger partial charge in [0.15, 0.2) is 0 Å². The van der Waals surface area contributed by atoms with Gasteiger partial charge >= 0.3 is 0 Å². The highest BCUT2D eigenvalue weighted by Crippen LogP contribution is 2.22. The lowest BCUT2D eigenvalue weighted by atomic mass is 10.1. The van der Waals surface area contributed by atoms with Crippen LogP contribution in [0.25, 0.3) is 0 Å². The minimum Gasteiger partial charge on any atom is -0.394 e. The van der Waals surface area contributed by atoms with E-state index in [-0.39, 0.29) is 18.3 Å². The van der Waals surface area contributed by atoms with Crippen LogP contribution in [-0.4, -0.2) is 22.7 Å². The molecule has 21 heavy (non-hydrogen) atoms. The largest absolute Gasteiger partial charge is 0.394 e. The summed E-state index contributed by atoms with van der Waals surface area (Å²) in [6, 6.07) is 14.6. The Bertz CT molecular complexity index is 614. The first-order valence-corrected chi connectivity index (χ1v) is 6.76. The van der Waals surface area contributed by atoms with Crippen molar-refractivity contribution in [2.45, 2.75) is 19.4 Å². The van der Waals surface area contributed by atoms with Crippen LogP contribution in [0.4, 0.5) is 11.4 Å². The maximum Gasteiger partial charge on any atom is 0.272 e. The molecule has 0 fully saturated rings. The van der Waals surface area contributed by atoms with E-state index < -0.39 is 4.92 Å². The molecule has 0 spiro atoms. The molecule has 0 amide bonds. The van der Waals surface area contributed by atoms with Crippen molar-refractivity contribution in [3.05, 3.63) is 69.8 Å². The summed E-state index contributed by atoms with van der Waals surface area (Å²) < 4.78 is 0. The van der Waals surface area contributed by atoms with Crippen molar-refractivity contribution in [2.24, 2.45) is 0 Å². The molecule has 0 aromatic heterocycles. The van der Waals surface area contributed by atoms with E-state index >= 15 is 0 Å². The minimum atomic E-state index is -0.396. The third kappa shape index (κ3) is 4.03. The summed E-state index contributed by atoms with van der Waals surface area (Å²) in [6.07, 6.45) is 0.688. The average molecular weight is 286 g/mol. The van der Waals surface area contributed by atoms with Crippen molar-refractivity contribution >= 4 is 11.4 Å². The number of nitro benzene ring substituents is 1. The molecule has 0 heterocycles. The van der Waals surface area contributed by atoms with Gasteiger partial charge in [-0.2, -0.15) is 0 Å². The van der Waals surface area contributed by atoms with Crippen LogP contribution < -0.4 is 5.32 Å². The molecule has 1 atom stereocenters.